The van der Waals surface area contributed by atoms with Gasteiger partial charge in [-0.25, -0.2) is 4.79 Å². The van der Waals surface area contributed by atoms with Crippen molar-refractivity contribution in [3.05, 3.63) is 30.3 Å². The third-order valence-electron chi connectivity index (χ3n) is 5.26. The van der Waals surface area contributed by atoms with Gasteiger partial charge < -0.3 is 10.6 Å². The molecule has 2 N–H and O–H groups in total. The maximum absolute atomic E-state index is 13.2. The Morgan fingerprint density at radius 1 is 1.24 bits per heavy atom. The number of rotatable bonds is 5. The zero-order valence-corrected chi connectivity index (χ0v) is 17.4. The van der Waals surface area contributed by atoms with Crippen molar-refractivity contribution in [1.29, 1.82) is 0 Å². The number of imide groups is 1. The summed E-state index contributed by atoms with van der Waals surface area (Å²) in [6.07, 6.45) is 1.53. The van der Waals surface area contributed by atoms with Crippen LogP contribution >= 0.6 is 11.9 Å². The van der Waals surface area contributed by atoms with Crippen LogP contribution in [0.2, 0.25) is 0 Å². The summed E-state index contributed by atoms with van der Waals surface area (Å²) < 4.78 is 1.34. The van der Waals surface area contributed by atoms with Gasteiger partial charge in [0.1, 0.15) is 12.1 Å². The number of likely N-dealkylation sites (tertiary alicyclic amines) is 2. The molecule has 156 valence electrons. The summed E-state index contributed by atoms with van der Waals surface area (Å²) in [5, 5.41) is 0. The highest BCUT2D eigenvalue weighted by atomic mass is 32.2. The van der Waals surface area contributed by atoms with Crippen molar-refractivity contribution in [3.8, 4) is 0 Å². The summed E-state index contributed by atoms with van der Waals surface area (Å²) in [5.41, 5.74) is 5.45. The van der Waals surface area contributed by atoms with E-state index < -0.39 is 24.0 Å². The van der Waals surface area contributed by atoms with Gasteiger partial charge in [-0.15, -0.1) is 0 Å². The quantitative estimate of drug-likeness (QED) is 0.735. The van der Waals surface area contributed by atoms with Gasteiger partial charge in [-0.2, -0.15) is 0 Å². The SMILES string of the molecule is CC1CC(=O)N(C(=O)N(Sc2ccccc2)C(C)C(=O)N2CCC[C@H]2C(N)=O)C1. The van der Waals surface area contributed by atoms with Gasteiger partial charge >= 0.3 is 6.03 Å². The Labute approximate surface area is 174 Å². The molecule has 0 saturated carbocycles. The molecular formula is C20H26N4O4S. The lowest BCUT2D eigenvalue weighted by atomic mass is 10.2. The van der Waals surface area contributed by atoms with Crippen LogP contribution in [0, 0.1) is 5.92 Å². The van der Waals surface area contributed by atoms with E-state index >= 15 is 0 Å². The molecule has 2 unspecified atom stereocenters. The molecule has 1 aromatic carbocycles. The third kappa shape index (κ3) is 4.55. The predicted octanol–water partition coefficient (Wildman–Crippen LogP) is 1.85. The molecule has 2 aliphatic heterocycles. The van der Waals surface area contributed by atoms with Crippen molar-refractivity contribution in [2.45, 2.75) is 50.1 Å². The molecule has 2 saturated heterocycles. The van der Waals surface area contributed by atoms with Gasteiger partial charge in [-0.05, 0) is 49.8 Å². The van der Waals surface area contributed by atoms with Crippen molar-refractivity contribution in [3.63, 3.8) is 0 Å². The summed E-state index contributed by atoms with van der Waals surface area (Å²) in [5.74, 6) is -1.04. The highest BCUT2D eigenvalue weighted by Crippen LogP contribution is 2.30. The van der Waals surface area contributed by atoms with Crippen LogP contribution in [0.4, 0.5) is 4.79 Å². The van der Waals surface area contributed by atoms with Crippen molar-refractivity contribution in [2.24, 2.45) is 11.7 Å². The van der Waals surface area contributed by atoms with Gasteiger partial charge in [-0.1, -0.05) is 25.1 Å². The van der Waals surface area contributed by atoms with E-state index in [1.807, 2.05) is 37.3 Å². The van der Waals surface area contributed by atoms with Crippen LogP contribution in [-0.4, -0.2) is 63.0 Å². The highest BCUT2D eigenvalue weighted by Gasteiger charge is 2.41. The molecule has 2 fully saturated rings. The molecule has 2 heterocycles. The Bertz CT molecular complexity index is 803. The fourth-order valence-electron chi connectivity index (χ4n) is 3.74. The average molecular weight is 419 g/mol. The maximum atomic E-state index is 13.2. The molecule has 3 atom stereocenters. The first-order valence-corrected chi connectivity index (χ1v) is 10.5. The first-order valence-electron chi connectivity index (χ1n) is 9.76. The van der Waals surface area contributed by atoms with Gasteiger partial charge in [-0.3, -0.25) is 23.6 Å². The van der Waals surface area contributed by atoms with Crippen LogP contribution in [0.25, 0.3) is 0 Å². The Kier molecular flexibility index (Phi) is 6.46. The fourth-order valence-corrected chi connectivity index (χ4v) is 4.67. The second kappa shape index (κ2) is 8.86. The molecule has 2 aliphatic rings. The van der Waals surface area contributed by atoms with Gasteiger partial charge in [0.25, 0.3) is 0 Å². The predicted molar refractivity (Wildman–Crippen MR) is 108 cm³/mol. The highest BCUT2D eigenvalue weighted by molar-refractivity contribution is 7.97. The van der Waals surface area contributed by atoms with Crippen LogP contribution < -0.4 is 5.73 Å². The van der Waals surface area contributed by atoms with E-state index in [0.29, 0.717) is 32.4 Å². The summed E-state index contributed by atoms with van der Waals surface area (Å²) >= 11 is 1.12. The minimum absolute atomic E-state index is 0.0823. The van der Waals surface area contributed by atoms with E-state index in [1.165, 1.54) is 14.1 Å². The molecule has 8 nitrogen and oxygen atoms in total. The Balaban J connectivity index is 1.85. The fraction of sp³-hybridized carbons (Fsp3) is 0.500. The molecule has 0 bridgehead atoms. The number of nitrogens with zero attached hydrogens (tertiary/aromatic N) is 3. The number of hydrogen-bond acceptors (Lipinski definition) is 5. The van der Waals surface area contributed by atoms with Crippen LogP contribution in [0.5, 0.6) is 0 Å². The summed E-state index contributed by atoms with van der Waals surface area (Å²) in [4.78, 5) is 53.8. The number of carbonyl (C=O) groups is 4. The number of primary amides is 1. The molecule has 0 radical (unpaired) electrons. The van der Waals surface area contributed by atoms with Crippen molar-refractivity contribution < 1.29 is 19.2 Å². The maximum Gasteiger partial charge on any atom is 0.337 e. The lowest BCUT2D eigenvalue weighted by Gasteiger charge is -2.33. The first kappa shape index (κ1) is 21.2. The Hall–Kier alpha value is -2.55. The molecule has 3 rings (SSSR count). The lowest BCUT2D eigenvalue weighted by Crippen LogP contribution is -2.53. The van der Waals surface area contributed by atoms with Crippen LogP contribution in [-0.2, 0) is 14.4 Å². The van der Waals surface area contributed by atoms with Crippen molar-refractivity contribution in [2.75, 3.05) is 13.1 Å². The number of amides is 5. The second-order valence-electron chi connectivity index (χ2n) is 7.59. The standard InChI is InChI=1S/C20H26N4O4S/c1-13-11-17(25)23(12-13)20(28)24(29-15-7-4-3-5-8-15)14(2)19(27)22-10-6-9-16(22)18(21)26/h3-5,7-8,13-14,16H,6,9-12H2,1-2H3,(H2,21,26)/t13?,14?,16-/m0/s1. The average Bonchev–Trinajstić information content (AvgIpc) is 3.31. The molecule has 9 heteroatoms. The van der Waals surface area contributed by atoms with E-state index in [1.54, 1.807) is 6.92 Å². The Morgan fingerprint density at radius 2 is 1.93 bits per heavy atom. The molecular weight excluding hydrogens is 392 g/mol. The van der Waals surface area contributed by atoms with Crippen molar-refractivity contribution >= 4 is 35.7 Å². The normalized spacial score (nSPS) is 22.6. The number of carbonyl (C=O) groups excluding carboxylic acids is 4. The molecule has 1 aromatic rings. The Morgan fingerprint density at radius 3 is 2.52 bits per heavy atom. The monoisotopic (exact) mass is 418 g/mol. The third-order valence-corrected chi connectivity index (χ3v) is 6.41. The first-order chi connectivity index (χ1) is 13.8. The second-order valence-corrected chi connectivity index (χ2v) is 8.64. The van der Waals surface area contributed by atoms with Gasteiger partial charge in [0.15, 0.2) is 0 Å². The topological polar surface area (TPSA) is 104 Å². The van der Waals surface area contributed by atoms with Gasteiger partial charge in [0.05, 0.1) is 0 Å². The molecule has 5 amide bonds. The summed E-state index contributed by atoms with van der Waals surface area (Å²) in [7, 11) is 0. The minimum atomic E-state index is -0.864. The van der Waals surface area contributed by atoms with E-state index in [2.05, 4.69) is 0 Å². The lowest BCUT2D eigenvalue weighted by molar-refractivity contribution is -0.139. The van der Waals surface area contributed by atoms with Crippen LogP contribution in [0.15, 0.2) is 35.2 Å². The van der Waals surface area contributed by atoms with E-state index in [0.717, 1.165) is 16.8 Å². The number of hydrogen-bond donors (Lipinski definition) is 1. The number of urea groups is 1. The number of benzene rings is 1. The van der Waals surface area contributed by atoms with Gasteiger partial charge in [0.2, 0.25) is 17.7 Å². The smallest absolute Gasteiger partial charge is 0.337 e. The van der Waals surface area contributed by atoms with E-state index in [4.69, 9.17) is 5.73 Å². The largest absolute Gasteiger partial charge is 0.368 e. The molecule has 0 aliphatic carbocycles. The zero-order valence-electron chi connectivity index (χ0n) is 16.6. The summed E-state index contributed by atoms with van der Waals surface area (Å²) in [6, 6.07) is 7.17. The molecule has 29 heavy (non-hydrogen) atoms. The molecule has 0 spiro atoms. The number of nitrogens with two attached hydrogens (primary N) is 1. The summed E-state index contributed by atoms with van der Waals surface area (Å²) in [6.45, 7) is 4.29. The van der Waals surface area contributed by atoms with E-state index in [-0.39, 0.29) is 17.7 Å². The van der Waals surface area contributed by atoms with E-state index in [9.17, 15) is 19.2 Å². The molecule has 0 aromatic heterocycles. The minimum Gasteiger partial charge on any atom is -0.368 e. The van der Waals surface area contributed by atoms with Crippen molar-refractivity contribution in [1.82, 2.24) is 14.1 Å². The zero-order chi connectivity index (χ0) is 21.1. The van der Waals surface area contributed by atoms with Crippen LogP contribution in [0.1, 0.15) is 33.1 Å². The van der Waals surface area contributed by atoms with Crippen LogP contribution in [0.3, 0.4) is 0 Å². The van der Waals surface area contributed by atoms with Gasteiger partial charge in [0, 0.05) is 24.4 Å².